The summed E-state index contributed by atoms with van der Waals surface area (Å²) in [5.41, 5.74) is 2.26. The Morgan fingerprint density at radius 2 is 0.917 bits per heavy atom. The van der Waals surface area contributed by atoms with Crippen LogP contribution in [0.3, 0.4) is 0 Å². The molecule has 0 aliphatic heterocycles. The smallest absolute Gasteiger partial charge is 0.306 e. The van der Waals surface area contributed by atoms with Crippen LogP contribution in [0, 0.1) is 67.0 Å². The lowest BCUT2D eigenvalue weighted by Crippen LogP contribution is -2.58. The van der Waals surface area contributed by atoms with Gasteiger partial charge in [0.2, 0.25) is 0 Å². The molecule has 4 nitrogen and oxygen atoms in total. The predicted octanol–water partition coefficient (Wildman–Crippen LogP) is 10.8. The van der Waals surface area contributed by atoms with E-state index in [-0.39, 0.29) is 35.6 Å². The Morgan fingerprint density at radius 3 is 1.33 bits per heavy atom. The normalized spacial score (nSPS) is 52.9. The molecule has 0 heterocycles. The second-order valence-electron chi connectivity index (χ2n) is 21.0. The first-order valence-electron chi connectivity index (χ1n) is 20.3. The molecule has 48 heavy (non-hydrogen) atoms. The summed E-state index contributed by atoms with van der Waals surface area (Å²) in [7, 11) is 0. The van der Waals surface area contributed by atoms with E-state index in [0.717, 1.165) is 24.7 Å². The van der Waals surface area contributed by atoms with Crippen LogP contribution in [0.5, 0.6) is 0 Å². The number of allylic oxidation sites excluding steroid dienone is 4. The van der Waals surface area contributed by atoms with Gasteiger partial charge in [-0.15, -0.1) is 0 Å². The van der Waals surface area contributed by atoms with Gasteiger partial charge in [0.15, 0.2) is 0 Å². The lowest BCUT2D eigenvalue weighted by atomic mass is 9.40. The van der Waals surface area contributed by atoms with Crippen LogP contribution >= 0.6 is 0 Å². The Bertz CT molecular complexity index is 1290. The van der Waals surface area contributed by atoms with Gasteiger partial charge in [-0.3, -0.25) is 9.59 Å². The third-order valence-electron chi connectivity index (χ3n) is 17.7. The van der Waals surface area contributed by atoms with Gasteiger partial charge in [0.05, 0.1) is 26.1 Å². The van der Waals surface area contributed by atoms with E-state index < -0.39 is 0 Å². The second-order valence-corrected chi connectivity index (χ2v) is 21.0. The minimum Gasteiger partial charge on any atom is -0.465 e. The van der Waals surface area contributed by atoms with Crippen LogP contribution in [0.2, 0.25) is 0 Å². The number of rotatable bonds is 7. The maximum atomic E-state index is 13.1. The molecule has 6 saturated carbocycles. The quantitative estimate of drug-likeness (QED) is 0.202. The molecule has 0 aromatic carbocycles. The molecule has 8 rings (SSSR count). The summed E-state index contributed by atoms with van der Waals surface area (Å²) in [5, 5.41) is 0. The molecular formula is C44H66O4. The molecule has 4 bridgehead atoms. The first-order valence-corrected chi connectivity index (χ1v) is 20.3. The summed E-state index contributed by atoms with van der Waals surface area (Å²) in [6.45, 7) is 15.9. The van der Waals surface area contributed by atoms with Crippen molar-refractivity contribution in [1.29, 1.82) is 0 Å². The molecule has 4 heteroatoms. The van der Waals surface area contributed by atoms with Gasteiger partial charge in [-0.1, -0.05) is 78.7 Å². The summed E-state index contributed by atoms with van der Waals surface area (Å²) in [6.07, 6.45) is 31.0. The summed E-state index contributed by atoms with van der Waals surface area (Å²) in [5.74, 6) is 2.20. The number of hydrogen-bond donors (Lipinski definition) is 0. The molecule has 0 aromatic rings. The highest BCUT2D eigenvalue weighted by Crippen LogP contribution is 2.73. The molecule has 0 aromatic heterocycles. The van der Waals surface area contributed by atoms with Gasteiger partial charge in [0.25, 0.3) is 0 Å². The molecule has 0 saturated heterocycles. The van der Waals surface area contributed by atoms with Crippen LogP contribution in [0.4, 0.5) is 0 Å². The van der Waals surface area contributed by atoms with E-state index >= 15 is 0 Å². The molecule has 12 atom stereocenters. The van der Waals surface area contributed by atoms with Crippen LogP contribution in [0.25, 0.3) is 0 Å². The van der Waals surface area contributed by atoms with Gasteiger partial charge in [-0.05, 0) is 146 Å². The van der Waals surface area contributed by atoms with Crippen LogP contribution in [0.1, 0.15) is 157 Å². The molecule has 8 aliphatic rings. The number of esters is 2. The Labute approximate surface area is 292 Å². The van der Waals surface area contributed by atoms with Crippen molar-refractivity contribution in [3.05, 3.63) is 24.3 Å². The maximum absolute atomic E-state index is 13.1. The lowest BCUT2D eigenvalue weighted by Gasteiger charge is -2.64. The van der Waals surface area contributed by atoms with Gasteiger partial charge in [-0.2, -0.15) is 0 Å². The number of ether oxygens (including phenoxy) is 2. The van der Waals surface area contributed by atoms with Crippen molar-refractivity contribution in [2.45, 2.75) is 157 Å². The fourth-order valence-electron chi connectivity index (χ4n) is 15.7. The Balaban J connectivity index is 0.841. The first-order chi connectivity index (χ1) is 22.6. The van der Waals surface area contributed by atoms with E-state index in [1.54, 1.807) is 0 Å². The Morgan fingerprint density at radius 1 is 0.521 bits per heavy atom. The van der Waals surface area contributed by atoms with E-state index in [1.165, 1.54) is 89.9 Å². The number of hydrogen-bond acceptors (Lipinski definition) is 4. The molecule has 6 fully saturated rings. The molecule has 8 aliphatic carbocycles. The highest BCUT2D eigenvalue weighted by atomic mass is 16.5. The van der Waals surface area contributed by atoms with Crippen molar-refractivity contribution in [2.75, 3.05) is 13.2 Å². The topological polar surface area (TPSA) is 52.6 Å². The monoisotopic (exact) mass is 658 g/mol. The molecule has 0 amide bonds. The van der Waals surface area contributed by atoms with Crippen molar-refractivity contribution in [2.24, 2.45) is 67.0 Å². The average molecular weight is 659 g/mol. The van der Waals surface area contributed by atoms with Crippen molar-refractivity contribution >= 4 is 11.9 Å². The highest BCUT2D eigenvalue weighted by Gasteiger charge is 2.65. The summed E-state index contributed by atoms with van der Waals surface area (Å²) in [4.78, 5) is 26.2. The minimum absolute atomic E-state index is 0.0138. The zero-order valence-electron chi connectivity index (χ0n) is 31.4. The third kappa shape index (κ3) is 5.00. The third-order valence-corrected chi connectivity index (χ3v) is 17.7. The van der Waals surface area contributed by atoms with Crippen LogP contribution in [-0.4, -0.2) is 25.2 Å². The zero-order valence-corrected chi connectivity index (χ0v) is 31.4. The van der Waals surface area contributed by atoms with Crippen molar-refractivity contribution in [1.82, 2.24) is 0 Å². The molecular weight excluding hydrogens is 592 g/mol. The minimum atomic E-state index is -0.233. The van der Waals surface area contributed by atoms with Crippen LogP contribution < -0.4 is 0 Å². The number of carbonyl (C=O) groups is 2. The van der Waals surface area contributed by atoms with E-state index in [9.17, 15) is 9.59 Å². The Hall–Kier alpha value is -1.58. The Kier molecular flexibility index (Phi) is 7.66. The zero-order chi connectivity index (χ0) is 33.8. The van der Waals surface area contributed by atoms with E-state index in [2.05, 4.69) is 65.8 Å². The molecule has 2 spiro atoms. The van der Waals surface area contributed by atoms with Crippen LogP contribution in [0.15, 0.2) is 24.3 Å². The molecule has 0 N–H and O–H groups in total. The number of fused-ring (bicyclic) bond motifs is 6. The van der Waals surface area contributed by atoms with Gasteiger partial charge in [0.1, 0.15) is 0 Å². The average Bonchev–Trinajstić information content (AvgIpc) is 3.43. The van der Waals surface area contributed by atoms with E-state index in [1.807, 2.05) is 0 Å². The molecule has 0 unspecified atom stereocenters. The van der Waals surface area contributed by atoms with Gasteiger partial charge in [-0.25, -0.2) is 0 Å². The van der Waals surface area contributed by atoms with E-state index in [4.69, 9.17) is 9.47 Å². The first kappa shape index (κ1) is 33.6. The van der Waals surface area contributed by atoms with Crippen LogP contribution in [-0.2, 0) is 19.1 Å². The fraction of sp³-hybridized carbons (Fsp3) is 0.864. The molecule has 0 radical (unpaired) electrons. The van der Waals surface area contributed by atoms with E-state index in [0.29, 0.717) is 57.5 Å². The standard InChI is InChI=1S/C44H66O4/c1-37-19-11-33-41(5)17-7-15-39(3,31(41)13-21-43(33,27-37)25-23-37)29-47-35(45)9-10-36(46)48-30-40(4)16-8-18-42(6)32(40)14-22-44-26-24-38(2,28-44)20-12-34(42)44/h23-26,31-34H,7-22,27-30H2,1-6H3/t31-,32-,33+,34+,37-,38-,39-,40-,41-,42-,43+,44+/m1/s1. The summed E-state index contributed by atoms with van der Waals surface area (Å²) < 4.78 is 12.1. The summed E-state index contributed by atoms with van der Waals surface area (Å²) >= 11 is 0. The maximum Gasteiger partial charge on any atom is 0.306 e. The second kappa shape index (κ2) is 11.0. The van der Waals surface area contributed by atoms with Crippen molar-refractivity contribution < 1.29 is 19.1 Å². The summed E-state index contributed by atoms with van der Waals surface area (Å²) in [6, 6.07) is 0. The van der Waals surface area contributed by atoms with Gasteiger partial charge in [0, 0.05) is 10.8 Å². The van der Waals surface area contributed by atoms with Gasteiger partial charge < -0.3 is 9.47 Å². The predicted molar refractivity (Wildman–Crippen MR) is 191 cm³/mol. The fourth-order valence-corrected chi connectivity index (χ4v) is 15.7. The van der Waals surface area contributed by atoms with Crippen molar-refractivity contribution in [3.8, 4) is 0 Å². The highest BCUT2D eigenvalue weighted by molar-refractivity contribution is 5.77. The van der Waals surface area contributed by atoms with Crippen molar-refractivity contribution in [3.63, 3.8) is 0 Å². The molecule has 266 valence electrons. The lowest BCUT2D eigenvalue weighted by molar-refractivity contribution is -0.175. The SMILES string of the molecule is C[C@]12C=C[C@@]3(CC[C@@H]4[C@@](C)(COC(=O)CCC(=O)OC[C@@]5(C)CCC[C@]6(C)[C@@H]5CC[C@@]57C=C[C@@](C)(CC[C@H]56)C7)CCC[C@@]4(C)[C@@H]3CC1)C2. The largest absolute Gasteiger partial charge is 0.465 e. The van der Waals surface area contributed by atoms with Gasteiger partial charge >= 0.3 is 11.9 Å². The number of carbonyl (C=O) groups excluding carboxylic acids is 2.